The fourth-order valence-corrected chi connectivity index (χ4v) is 2.47. The van der Waals surface area contributed by atoms with Crippen LogP contribution in [0.5, 0.6) is 0 Å². The molecular formula is C15H25Cl2N3O. The van der Waals surface area contributed by atoms with Crippen LogP contribution in [0.2, 0.25) is 0 Å². The van der Waals surface area contributed by atoms with Crippen molar-refractivity contribution < 1.29 is 4.79 Å². The first-order valence-electron chi connectivity index (χ1n) is 7.22. The van der Waals surface area contributed by atoms with Crippen LogP contribution >= 0.6 is 24.8 Å². The number of hydrogen-bond acceptors (Lipinski definition) is 3. The van der Waals surface area contributed by atoms with E-state index in [0.29, 0.717) is 13.0 Å². The Morgan fingerprint density at radius 1 is 1.29 bits per heavy atom. The molecule has 1 aromatic heterocycles. The second-order valence-corrected chi connectivity index (χ2v) is 5.15. The Hall–Kier alpha value is -0.840. The molecule has 0 aliphatic carbocycles. The number of halogens is 2. The van der Waals surface area contributed by atoms with Crippen molar-refractivity contribution >= 4 is 30.7 Å². The third kappa shape index (κ3) is 8.24. The van der Waals surface area contributed by atoms with E-state index in [4.69, 9.17) is 0 Å². The number of rotatable bonds is 6. The van der Waals surface area contributed by atoms with Gasteiger partial charge in [0, 0.05) is 31.3 Å². The highest BCUT2D eigenvalue weighted by Crippen LogP contribution is 2.17. The fourth-order valence-electron chi connectivity index (χ4n) is 2.47. The predicted octanol–water partition coefficient (Wildman–Crippen LogP) is 2.36. The van der Waals surface area contributed by atoms with Gasteiger partial charge in [0.05, 0.1) is 0 Å². The number of amides is 1. The van der Waals surface area contributed by atoms with Gasteiger partial charge in [-0.05, 0) is 50.4 Å². The number of aromatic nitrogens is 1. The lowest BCUT2D eigenvalue weighted by Crippen LogP contribution is -2.30. The monoisotopic (exact) mass is 333 g/mol. The maximum Gasteiger partial charge on any atom is 0.220 e. The zero-order chi connectivity index (χ0) is 13.3. The van der Waals surface area contributed by atoms with Gasteiger partial charge in [-0.25, -0.2) is 0 Å². The number of carbonyl (C=O) groups is 1. The molecular weight excluding hydrogens is 309 g/mol. The average Bonchev–Trinajstić information content (AvgIpc) is 2.47. The topological polar surface area (TPSA) is 54.0 Å². The van der Waals surface area contributed by atoms with E-state index in [1.165, 1.54) is 12.8 Å². The molecule has 1 aliphatic rings. The molecule has 2 N–H and O–H groups in total. The van der Waals surface area contributed by atoms with Crippen LogP contribution < -0.4 is 10.6 Å². The van der Waals surface area contributed by atoms with Crippen LogP contribution in [-0.2, 0) is 11.2 Å². The van der Waals surface area contributed by atoms with Crippen LogP contribution in [0.1, 0.15) is 31.4 Å². The summed E-state index contributed by atoms with van der Waals surface area (Å²) in [6.07, 6.45) is 6.70. The van der Waals surface area contributed by atoms with Gasteiger partial charge < -0.3 is 10.6 Å². The fraction of sp³-hybridized carbons (Fsp3) is 0.600. The van der Waals surface area contributed by atoms with Crippen LogP contribution in [0.25, 0.3) is 0 Å². The van der Waals surface area contributed by atoms with Gasteiger partial charge in [-0.3, -0.25) is 9.78 Å². The minimum absolute atomic E-state index is 0. The molecule has 1 aliphatic heterocycles. The molecule has 1 aromatic rings. The molecule has 0 unspecified atom stereocenters. The number of carbonyl (C=O) groups excluding carboxylic acids is 1. The van der Waals surface area contributed by atoms with Gasteiger partial charge in [0.1, 0.15) is 0 Å². The largest absolute Gasteiger partial charge is 0.356 e. The van der Waals surface area contributed by atoms with Crippen LogP contribution in [-0.4, -0.2) is 30.5 Å². The molecule has 0 saturated carbocycles. The minimum Gasteiger partial charge on any atom is -0.356 e. The van der Waals surface area contributed by atoms with Crippen molar-refractivity contribution in [2.45, 2.75) is 32.1 Å². The van der Waals surface area contributed by atoms with E-state index in [9.17, 15) is 4.79 Å². The van der Waals surface area contributed by atoms with Crippen LogP contribution in [0, 0.1) is 5.92 Å². The summed E-state index contributed by atoms with van der Waals surface area (Å²) in [5.41, 5.74) is 1.03. The van der Waals surface area contributed by atoms with Gasteiger partial charge >= 0.3 is 0 Å². The molecule has 120 valence electrons. The van der Waals surface area contributed by atoms with Crippen molar-refractivity contribution in [3.63, 3.8) is 0 Å². The second-order valence-electron chi connectivity index (χ2n) is 5.15. The summed E-state index contributed by atoms with van der Waals surface area (Å²) in [7, 11) is 0. The predicted molar refractivity (Wildman–Crippen MR) is 90.3 cm³/mol. The quantitative estimate of drug-likeness (QED) is 0.840. The minimum atomic E-state index is 0. The Balaban J connectivity index is 0.00000200. The highest BCUT2D eigenvalue weighted by Gasteiger charge is 2.14. The van der Waals surface area contributed by atoms with Gasteiger partial charge in [0.2, 0.25) is 5.91 Å². The summed E-state index contributed by atoms with van der Waals surface area (Å²) in [4.78, 5) is 16.0. The zero-order valence-electron chi connectivity index (χ0n) is 12.2. The first-order chi connectivity index (χ1) is 9.34. The second kappa shape index (κ2) is 11.8. The van der Waals surface area contributed by atoms with E-state index in [1.54, 1.807) is 6.20 Å². The number of pyridine rings is 1. The summed E-state index contributed by atoms with van der Waals surface area (Å²) < 4.78 is 0. The molecule has 0 aromatic carbocycles. The van der Waals surface area contributed by atoms with Crippen molar-refractivity contribution in [1.29, 1.82) is 0 Å². The standard InChI is InChI=1S/C15H23N3O.2ClH/c19-15(5-4-13-6-10-16-11-7-13)18-12-8-14-3-1-2-9-17-14;;/h1-3,9,13,16H,4-8,10-12H2,(H,18,19);2*1H. The van der Waals surface area contributed by atoms with Crippen LogP contribution in [0.3, 0.4) is 0 Å². The third-order valence-electron chi connectivity index (χ3n) is 3.67. The van der Waals surface area contributed by atoms with E-state index < -0.39 is 0 Å². The highest BCUT2D eigenvalue weighted by atomic mass is 35.5. The summed E-state index contributed by atoms with van der Waals surface area (Å²) in [5, 5.41) is 6.32. The summed E-state index contributed by atoms with van der Waals surface area (Å²) in [5.74, 6) is 0.900. The Morgan fingerprint density at radius 3 is 2.71 bits per heavy atom. The highest BCUT2D eigenvalue weighted by molar-refractivity contribution is 5.85. The Morgan fingerprint density at radius 2 is 2.05 bits per heavy atom. The normalized spacial score (nSPS) is 14.7. The van der Waals surface area contributed by atoms with Gasteiger partial charge in [0.15, 0.2) is 0 Å². The van der Waals surface area contributed by atoms with Gasteiger partial charge in [-0.15, -0.1) is 24.8 Å². The summed E-state index contributed by atoms with van der Waals surface area (Å²) in [6, 6.07) is 5.86. The molecule has 21 heavy (non-hydrogen) atoms. The number of piperidine rings is 1. The Labute approximate surface area is 139 Å². The smallest absolute Gasteiger partial charge is 0.220 e. The van der Waals surface area contributed by atoms with Gasteiger partial charge in [-0.1, -0.05) is 6.07 Å². The van der Waals surface area contributed by atoms with Crippen LogP contribution in [0.4, 0.5) is 0 Å². The van der Waals surface area contributed by atoms with E-state index >= 15 is 0 Å². The SMILES string of the molecule is Cl.Cl.O=C(CCC1CCNCC1)NCCc1ccccn1. The molecule has 4 nitrogen and oxygen atoms in total. The van der Waals surface area contributed by atoms with Crippen molar-refractivity contribution in [1.82, 2.24) is 15.6 Å². The molecule has 1 fully saturated rings. The van der Waals surface area contributed by atoms with E-state index in [1.807, 2.05) is 18.2 Å². The lowest BCUT2D eigenvalue weighted by atomic mass is 9.93. The number of hydrogen-bond donors (Lipinski definition) is 2. The number of nitrogens with one attached hydrogen (secondary N) is 2. The summed E-state index contributed by atoms with van der Waals surface area (Å²) in [6.45, 7) is 2.89. The Kier molecular flexibility index (Phi) is 11.3. The van der Waals surface area contributed by atoms with Gasteiger partial charge in [-0.2, -0.15) is 0 Å². The summed E-state index contributed by atoms with van der Waals surface area (Å²) >= 11 is 0. The molecule has 0 atom stereocenters. The van der Waals surface area contributed by atoms with E-state index in [-0.39, 0.29) is 30.7 Å². The molecule has 1 saturated heterocycles. The molecule has 1 amide bonds. The molecule has 0 radical (unpaired) electrons. The number of nitrogens with zero attached hydrogens (tertiary/aromatic N) is 1. The lowest BCUT2D eigenvalue weighted by molar-refractivity contribution is -0.121. The molecule has 6 heteroatoms. The van der Waals surface area contributed by atoms with Gasteiger partial charge in [0.25, 0.3) is 0 Å². The van der Waals surface area contributed by atoms with E-state index in [0.717, 1.165) is 37.5 Å². The maximum atomic E-state index is 11.7. The average molecular weight is 334 g/mol. The Bertz CT molecular complexity index is 384. The first-order valence-corrected chi connectivity index (χ1v) is 7.22. The first kappa shape index (κ1) is 20.2. The van der Waals surface area contributed by atoms with Crippen LogP contribution in [0.15, 0.2) is 24.4 Å². The maximum absolute atomic E-state index is 11.7. The van der Waals surface area contributed by atoms with Crippen molar-refractivity contribution in [3.8, 4) is 0 Å². The van der Waals surface area contributed by atoms with Crippen molar-refractivity contribution in [2.75, 3.05) is 19.6 Å². The molecule has 0 bridgehead atoms. The molecule has 0 spiro atoms. The van der Waals surface area contributed by atoms with Crippen molar-refractivity contribution in [2.24, 2.45) is 5.92 Å². The zero-order valence-corrected chi connectivity index (χ0v) is 13.8. The lowest BCUT2D eigenvalue weighted by Gasteiger charge is -2.22. The van der Waals surface area contributed by atoms with Crippen molar-refractivity contribution in [3.05, 3.63) is 30.1 Å². The van der Waals surface area contributed by atoms with E-state index in [2.05, 4.69) is 15.6 Å². The molecule has 2 heterocycles. The third-order valence-corrected chi connectivity index (χ3v) is 3.67. The molecule has 2 rings (SSSR count).